The molecule has 4 nitrogen and oxygen atoms in total. The number of aromatic nitrogens is 2. The van der Waals surface area contributed by atoms with Crippen LogP contribution in [0.2, 0.25) is 0 Å². The summed E-state index contributed by atoms with van der Waals surface area (Å²) in [4.78, 5) is 0. The molecule has 0 fully saturated rings. The Morgan fingerprint density at radius 1 is 1.27 bits per heavy atom. The number of aliphatic hydroxyl groups is 1. The number of hydrogen-bond acceptors (Lipinski definition) is 3. The fraction of sp³-hybridized carbons (Fsp3) is 0.409. The second-order valence-corrected chi connectivity index (χ2v) is 7.81. The monoisotopic (exact) mass is 426 g/mol. The zero-order valence-corrected chi connectivity index (χ0v) is 17.4. The third kappa shape index (κ3) is 4.92. The summed E-state index contributed by atoms with van der Waals surface area (Å²) in [6.07, 6.45) is 0.583. The molecule has 2 aromatic rings. The van der Waals surface area contributed by atoms with Crippen molar-refractivity contribution >= 4 is 12.2 Å². The van der Waals surface area contributed by atoms with Crippen LogP contribution in [0.3, 0.4) is 0 Å². The lowest BCUT2D eigenvalue weighted by Crippen LogP contribution is -2.52. The summed E-state index contributed by atoms with van der Waals surface area (Å²) in [5.41, 5.74) is -3.16. The number of benzene rings is 1. The Balaban J connectivity index is 2.47. The Labute approximate surface area is 173 Å². The molecule has 0 spiro atoms. The molecule has 1 N–H and O–H groups in total. The van der Waals surface area contributed by atoms with E-state index in [-0.39, 0.29) is 11.3 Å². The molecule has 0 aliphatic heterocycles. The van der Waals surface area contributed by atoms with Gasteiger partial charge in [-0.1, -0.05) is 32.6 Å². The van der Waals surface area contributed by atoms with Gasteiger partial charge in [0.15, 0.2) is 5.60 Å². The molecule has 1 aromatic carbocycles. The molecule has 1 atom stereocenters. The van der Waals surface area contributed by atoms with Crippen molar-refractivity contribution in [1.29, 1.82) is 0 Å². The molecule has 1 aromatic heterocycles. The molecule has 0 bridgehead atoms. The Kier molecular flexibility index (Phi) is 6.81. The number of hydrogen-bond donors (Lipinski definition) is 1. The van der Waals surface area contributed by atoms with Gasteiger partial charge in [-0.05, 0) is 43.0 Å². The van der Waals surface area contributed by atoms with Crippen molar-refractivity contribution in [2.75, 3.05) is 7.11 Å². The van der Waals surface area contributed by atoms with Gasteiger partial charge in [-0.25, -0.2) is 4.39 Å². The van der Waals surface area contributed by atoms with E-state index in [1.165, 1.54) is 39.3 Å². The van der Waals surface area contributed by atoms with Crippen LogP contribution < -0.4 is 4.74 Å². The van der Waals surface area contributed by atoms with Crippen molar-refractivity contribution in [1.82, 2.24) is 9.78 Å². The maximum Gasteiger partial charge on any atom is 0.419 e. The highest BCUT2D eigenvalue weighted by Crippen LogP contribution is 2.44. The Hall–Kier alpha value is -2.61. The van der Waals surface area contributed by atoms with Crippen molar-refractivity contribution in [3.05, 3.63) is 59.7 Å². The number of ether oxygens (including phenoxy) is 1. The van der Waals surface area contributed by atoms with Crippen molar-refractivity contribution in [2.24, 2.45) is 0 Å². The molecule has 0 saturated carbocycles. The van der Waals surface area contributed by atoms with Gasteiger partial charge in [-0.15, -0.1) is 0 Å². The first-order valence-corrected chi connectivity index (χ1v) is 9.32. The lowest BCUT2D eigenvalue weighted by Gasteiger charge is -2.38. The van der Waals surface area contributed by atoms with Crippen molar-refractivity contribution in [2.45, 2.75) is 50.9 Å². The van der Waals surface area contributed by atoms with E-state index in [9.17, 15) is 22.7 Å². The molecular weight excluding hydrogens is 400 g/mol. The average molecular weight is 426 g/mol. The summed E-state index contributed by atoms with van der Waals surface area (Å²) >= 11 is 0. The van der Waals surface area contributed by atoms with E-state index in [1.54, 1.807) is 19.1 Å². The van der Waals surface area contributed by atoms with Gasteiger partial charge in [0.05, 0.1) is 19.3 Å². The molecule has 164 valence electrons. The van der Waals surface area contributed by atoms with Crippen LogP contribution in [0.4, 0.5) is 17.6 Å². The predicted octanol–water partition coefficient (Wildman–Crippen LogP) is 5.37. The maximum absolute atomic E-state index is 14.0. The third-order valence-corrected chi connectivity index (χ3v) is 4.94. The highest BCUT2D eigenvalue weighted by Gasteiger charge is 2.56. The van der Waals surface area contributed by atoms with Crippen LogP contribution in [0, 0.1) is 5.82 Å². The Morgan fingerprint density at radius 2 is 1.93 bits per heavy atom. The number of alkyl halides is 3. The van der Waals surface area contributed by atoms with Crippen LogP contribution in [0.15, 0.2) is 37.1 Å². The molecule has 0 aliphatic carbocycles. The van der Waals surface area contributed by atoms with E-state index in [0.717, 1.165) is 16.8 Å². The normalized spacial score (nSPS) is 14.7. The van der Waals surface area contributed by atoms with Gasteiger partial charge >= 0.3 is 6.18 Å². The fourth-order valence-corrected chi connectivity index (χ4v) is 3.55. The second kappa shape index (κ2) is 8.63. The summed E-state index contributed by atoms with van der Waals surface area (Å²) in [6.45, 7) is 7.57. The lowest BCUT2D eigenvalue weighted by molar-refractivity contribution is -0.272. The van der Waals surface area contributed by atoms with E-state index < -0.39 is 36.0 Å². The number of nitrogens with zero attached hydrogens (tertiary/aromatic N) is 2. The van der Waals surface area contributed by atoms with Crippen LogP contribution in [0.5, 0.6) is 5.75 Å². The summed E-state index contributed by atoms with van der Waals surface area (Å²) in [5.74, 6) is -0.359. The fourth-order valence-electron chi connectivity index (χ4n) is 3.55. The number of rotatable bonds is 8. The topological polar surface area (TPSA) is 47.3 Å². The van der Waals surface area contributed by atoms with E-state index in [4.69, 9.17) is 4.74 Å². The van der Waals surface area contributed by atoms with Crippen molar-refractivity contribution < 1.29 is 27.4 Å². The van der Waals surface area contributed by atoms with Gasteiger partial charge in [-0.2, -0.15) is 18.3 Å². The van der Waals surface area contributed by atoms with Gasteiger partial charge < -0.3 is 9.84 Å². The molecule has 0 radical (unpaired) electrons. The molecule has 0 amide bonds. The lowest BCUT2D eigenvalue weighted by atomic mass is 9.74. The van der Waals surface area contributed by atoms with Gasteiger partial charge in [0.2, 0.25) is 0 Å². The highest BCUT2D eigenvalue weighted by molar-refractivity contribution is 5.60. The van der Waals surface area contributed by atoms with Gasteiger partial charge in [-0.3, -0.25) is 4.68 Å². The van der Waals surface area contributed by atoms with Crippen LogP contribution in [0.25, 0.3) is 12.2 Å². The molecule has 1 heterocycles. The van der Waals surface area contributed by atoms with Crippen LogP contribution in [-0.2, 0) is 12.0 Å². The quantitative estimate of drug-likeness (QED) is 0.578. The van der Waals surface area contributed by atoms with Gasteiger partial charge in [0.25, 0.3) is 0 Å². The maximum atomic E-state index is 14.0. The van der Waals surface area contributed by atoms with Crippen molar-refractivity contribution in [3.8, 4) is 5.75 Å². The van der Waals surface area contributed by atoms with Gasteiger partial charge in [0, 0.05) is 17.3 Å². The minimum Gasteiger partial charge on any atom is -0.496 e. The van der Waals surface area contributed by atoms with Crippen molar-refractivity contribution in [3.63, 3.8) is 0 Å². The van der Waals surface area contributed by atoms with E-state index in [1.807, 2.05) is 0 Å². The van der Waals surface area contributed by atoms with Crippen LogP contribution in [-0.4, -0.2) is 33.8 Å². The first-order chi connectivity index (χ1) is 13.9. The molecule has 30 heavy (non-hydrogen) atoms. The first kappa shape index (κ1) is 23.7. The van der Waals surface area contributed by atoms with Crippen LogP contribution >= 0.6 is 0 Å². The molecule has 0 saturated heterocycles. The second-order valence-electron chi connectivity index (χ2n) is 7.81. The molecule has 2 rings (SSSR count). The van der Waals surface area contributed by atoms with E-state index in [0.29, 0.717) is 11.3 Å². The third-order valence-electron chi connectivity index (χ3n) is 4.94. The minimum atomic E-state index is -4.95. The van der Waals surface area contributed by atoms with Gasteiger partial charge in [0.1, 0.15) is 11.6 Å². The largest absolute Gasteiger partial charge is 0.496 e. The zero-order chi connectivity index (χ0) is 22.7. The predicted molar refractivity (Wildman–Crippen MR) is 109 cm³/mol. The average Bonchev–Trinajstić information content (AvgIpc) is 3.01. The summed E-state index contributed by atoms with van der Waals surface area (Å²) in [6, 6.07) is 3.65. The number of allylic oxidation sites excluding steroid dienone is 1. The Bertz CT molecular complexity index is 932. The van der Waals surface area contributed by atoms with E-state index in [2.05, 4.69) is 11.7 Å². The number of methoxy groups -OCH3 is 1. The smallest absolute Gasteiger partial charge is 0.419 e. The highest BCUT2D eigenvalue weighted by atomic mass is 19.4. The molecule has 1 unspecified atom stereocenters. The standard InChI is InChI=1S/C22H26F4N2O2/c1-6-8-15-12-28(27-18(15)7-2)14-21(29,22(24,25)26)13-20(3,4)17-11-16(23)9-10-19(17)30-5/h6-12,29H,2,13-14H2,1,3-5H3/b8-6-. The SMILES string of the molecule is C=Cc1nn(CC(O)(CC(C)(C)c2cc(F)ccc2OC)C(F)(F)F)cc1/C=C\C. The zero-order valence-electron chi connectivity index (χ0n) is 17.4. The molecule has 0 aliphatic rings. The van der Waals surface area contributed by atoms with E-state index >= 15 is 0 Å². The molecule has 8 heteroatoms. The minimum absolute atomic E-state index is 0.231. The molecular formula is C22H26F4N2O2. The summed E-state index contributed by atoms with van der Waals surface area (Å²) in [7, 11) is 1.35. The Morgan fingerprint density at radius 3 is 2.47 bits per heavy atom. The summed E-state index contributed by atoms with van der Waals surface area (Å²) in [5, 5.41) is 14.9. The number of halogens is 4. The summed E-state index contributed by atoms with van der Waals surface area (Å²) < 4.78 is 62.1. The first-order valence-electron chi connectivity index (χ1n) is 9.32. The van der Waals surface area contributed by atoms with Crippen LogP contribution in [0.1, 0.15) is 44.0 Å².